The Hall–Kier alpha value is -0.870. The number of rotatable bonds is 1. The van der Waals surface area contributed by atoms with Gasteiger partial charge in [0.15, 0.2) is 0 Å². The lowest BCUT2D eigenvalue weighted by atomic mass is 10.4. The van der Waals surface area contributed by atoms with Gasteiger partial charge in [-0.1, -0.05) is 37.0 Å². The second kappa shape index (κ2) is 5.72. The van der Waals surface area contributed by atoms with E-state index in [0.717, 1.165) is 0 Å². The van der Waals surface area contributed by atoms with Gasteiger partial charge in [-0.3, -0.25) is 10.1 Å². The maximum Gasteiger partial charge on any atom is 0.306 e. The molecule has 0 atom stereocenters. The largest absolute Gasteiger partial charge is 0.306 e. The highest BCUT2D eigenvalue weighted by atomic mass is 35.5. The summed E-state index contributed by atoms with van der Waals surface area (Å²) in [5, 5.41) is 10.1. The Balaban J connectivity index is 0.000000671. The van der Waals surface area contributed by atoms with Gasteiger partial charge in [0.05, 0.1) is 4.92 Å². The molecular weight excluding hydrogens is 215 g/mol. The molecule has 0 radical (unpaired) electrons. The molecule has 1 aromatic heterocycles. The molecule has 0 aliphatic carbocycles. The Morgan fingerprint density at radius 1 is 1.38 bits per heavy atom. The summed E-state index contributed by atoms with van der Waals surface area (Å²) >= 11 is 10.8. The van der Waals surface area contributed by atoms with E-state index >= 15 is 0 Å². The van der Waals surface area contributed by atoms with Gasteiger partial charge in [0.25, 0.3) is 0 Å². The summed E-state index contributed by atoms with van der Waals surface area (Å²) in [6, 6.07) is 2.52. The van der Waals surface area contributed by atoms with Crippen LogP contribution in [0.4, 0.5) is 5.69 Å². The zero-order valence-electron chi connectivity index (χ0n) is 7.12. The molecule has 0 aromatic carbocycles. The third-order valence-electron chi connectivity index (χ3n) is 0.992. The Bertz CT molecular complexity index is 305. The second-order valence-electron chi connectivity index (χ2n) is 1.70. The number of nitro groups is 1. The van der Waals surface area contributed by atoms with Crippen molar-refractivity contribution in [1.29, 1.82) is 0 Å². The van der Waals surface area contributed by atoms with Crippen molar-refractivity contribution in [2.45, 2.75) is 13.8 Å². The third kappa shape index (κ3) is 3.57. The van der Waals surface area contributed by atoms with Crippen LogP contribution < -0.4 is 0 Å². The first-order valence-corrected chi connectivity index (χ1v) is 4.33. The quantitative estimate of drug-likeness (QED) is 0.416. The van der Waals surface area contributed by atoms with E-state index in [1.165, 1.54) is 12.1 Å². The summed E-state index contributed by atoms with van der Waals surface area (Å²) in [7, 11) is 0. The molecule has 0 bridgehead atoms. The van der Waals surface area contributed by atoms with Gasteiger partial charge in [0, 0.05) is 6.07 Å². The SMILES string of the molecule is CC.O=[N+]([O-])c1ccc(Cl)nc1Cl. The van der Waals surface area contributed by atoms with Crippen molar-refractivity contribution in [1.82, 2.24) is 4.98 Å². The van der Waals surface area contributed by atoms with Crippen molar-refractivity contribution in [3.63, 3.8) is 0 Å². The first-order chi connectivity index (χ1) is 6.11. The van der Waals surface area contributed by atoms with Crippen molar-refractivity contribution in [2.24, 2.45) is 0 Å². The monoisotopic (exact) mass is 222 g/mol. The minimum absolute atomic E-state index is 0.139. The molecule has 13 heavy (non-hydrogen) atoms. The van der Waals surface area contributed by atoms with Gasteiger partial charge in [-0.25, -0.2) is 4.98 Å². The summed E-state index contributed by atoms with van der Waals surface area (Å²) in [5.74, 6) is 0. The third-order valence-corrected chi connectivity index (χ3v) is 1.48. The van der Waals surface area contributed by atoms with Gasteiger partial charge in [-0.2, -0.15) is 0 Å². The summed E-state index contributed by atoms with van der Waals surface area (Å²) in [4.78, 5) is 13.0. The maximum atomic E-state index is 10.2. The number of hydrogen-bond donors (Lipinski definition) is 0. The molecule has 0 aliphatic rings. The summed E-state index contributed by atoms with van der Waals surface area (Å²) in [5.41, 5.74) is -0.240. The topological polar surface area (TPSA) is 56.0 Å². The van der Waals surface area contributed by atoms with Gasteiger partial charge in [0.1, 0.15) is 5.15 Å². The van der Waals surface area contributed by atoms with Crippen molar-refractivity contribution in [3.8, 4) is 0 Å². The second-order valence-corrected chi connectivity index (χ2v) is 2.45. The zero-order chi connectivity index (χ0) is 10.4. The molecule has 0 N–H and O–H groups in total. The molecule has 0 fully saturated rings. The Kier molecular flexibility index (Phi) is 5.34. The molecule has 0 saturated carbocycles. The van der Waals surface area contributed by atoms with E-state index in [1.54, 1.807) is 0 Å². The average Bonchev–Trinajstić information content (AvgIpc) is 2.07. The lowest BCUT2D eigenvalue weighted by molar-refractivity contribution is -0.385. The van der Waals surface area contributed by atoms with Gasteiger partial charge in [-0.15, -0.1) is 0 Å². The maximum absolute atomic E-state index is 10.2. The molecule has 1 aromatic rings. The average molecular weight is 223 g/mol. The summed E-state index contributed by atoms with van der Waals surface area (Å²) < 4.78 is 0. The van der Waals surface area contributed by atoms with Crippen molar-refractivity contribution >= 4 is 28.9 Å². The number of pyridine rings is 1. The van der Waals surface area contributed by atoms with Gasteiger partial charge >= 0.3 is 5.69 Å². The van der Waals surface area contributed by atoms with E-state index in [1.807, 2.05) is 13.8 Å². The molecule has 0 saturated heterocycles. The van der Waals surface area contributed by atoms with E-state index < -0.39 is 4.92 Å². The summed E-state index contributed by atoms with van der Waals surface area (Å²) in [6.45, 7) is 4.00. The van der Waals surface area contributed by atoms with Crippen molar-refractivity contribution in [3.05, 3.63) is 32.6 Å². The molecule has 6 heteroatoms. The van der Waals surface area contributed by atoms with Crippen LogP contribution in [0.25, 0.3) is 0 Å². The fraction of sp³-hybridized carbons (Fsp3) is 0.286. The normalized spacial score (nSPS) is 8.62. The fourth-order valence-electron chi connectivity index (χ4n) is 0.541. The Labute approximate surface area is 85.6 Å². The smallest absolute Gasteiger partial charge is 0.258 e. The zero-order valence-corrected chi connectivity index (χ0v) is 8.63. The van der Waals surface area contributed by atoms with Gasteiger partial charge in [-0.05, 0) is 6.07 Å². The van der Waals surface area contributed by atoms with Crippen LogP contribution in [-0.2, 0) is 0 Å². The minimum atomic E-state index is -0.619. The minimum Gasteiger partial charge on any atom is -0.258 e. The van der Waals surface area contributed by atoms with E-state index in [2.05, 4.69) is 4.98 Å². The fourth-order valence-corrected chi connectivity index (χ4v) is 0.955. The summed E-state index contributed by atoms with van der Waals surface area (Å²) in [6.07, 6.45) is 0. The Morgan fingerprint density at radius 2 is 1.92 bits per heavy atom. The predicted molar refractivity (Wildman–Crippen MR) is 52.3 cm³/mol. The first kappa shape index (κ1) is 12.1. The van der Waals surface area contributed by atoms with Crippen LogP contribution in [0.1, 0.15) is 13.8 Å². The van der Waals surface area contributed by atoms with Crippen LogP contribution in [-0.4, -0.2) is 9.91 Å². The van der Waals surface area contributed by atoms with E-state index in [-0.39, 0.29) is 16.0 Å². The molecule has 4 nitrogen and oxygen atoms in total. The molecule has 72 valence electrons. The number of halogens is 2. The van der Waals surface area contributed by atoms with Crippen LogP contribution in [0, 0.1) is 10.1 Å². The highest BCUT2D eigenvalue weighted by molar-refractivity contribution is 6.33. The van der Waals surface area contributed by atoms with E-state index in [0.29, 0.717) is 0 Å². The van der Waals surface area contributed by atoms with Gasteiger partial charge < -0.3 is 0 Å². The molecule has 0 aliphatic heterocycles. The van der Waals surface area contributed by atoms with Crippen LogP contribution in [0.5, 0.6) is 0 Å². The van der Waals surface area contributed by atoms with Crippen LogP contribution in [0.3, 0.4) is 0 Å². The molecule has 0 amide bonds. The standard InChI is InChI=1S/C5H2Cl2N2O2.C2H6/c6-4-2-1-3(9(10)11)5(7)8-4;1-2/h1-2H;1-2H3. The highest BCUT2D eigenvalue weighted by Crippen LogP contribution is 2.22. The first-order valence-electron chi connectivity index (χ1n) is 3.57. The highest BCUT2D eigenvalue weighted by Gasteiger charge is 2.12. The van der Waals surface area contributed by atoms with Crippen LogP contribution in [0.2, 0.25) is 10.3 Å². The Morgan fingerprint density at radius 3 is 2.31 bits per heavy atom. The van der Waals surface area contributed by atoms with Crippen LogP contribution in [0.15, 0.2) is 12.1 Å². The van der Waals surface area contributed by atoms with Gasteiger partial charge in [0.2, 0.25) is 5.15 Å². The molecule has 0 spiro atoms. The number of aromatic nitrogens is 1. The molecule has 1 heterocycles. The molecule has 0 unspecified atom stereocenters. The van der Waals surface area contributed by atoms with Crippen molar-refractivity contribution in [2.75, 3.05) is 0 Å². The lowest BCUT2D eigenvalue weighted by Crippen LogP contribution is -1.90. The molecule has 1 rings (SSSR count). The van der Waals surface area contributed by atoms with Crippen LogP contribution >= 0.6 is 23.2 Å². The lowest BCUT2D eigenvalue weighted by Gasteiger charge is -1.92. The van der Waals surface area contributed by atoms with Crippen molar-refractivity contribution < 1.29 is 4.92 Å². The predicted octanol–water partition coefficient (Wildman–Crippen LogP) is 3.32. The van der Waals surface area contributed by atoms with E-state index in [4.69, 9.17) is 23.2 Å². The van der Waals surface area contributed by atoms with E-state index in [9.17, 15) is 10.1 Å². The number of hydrogen-bond acceptors (Lipinski definition) is 3. The molecular formula is C7H8Cl2N2O2. The number of nitrogens with zero attached hydrogens (tertiary/aromatic N) is 2.